The van der Waals surface area contributed by atoms with E-state index in [-0.39, 0.29) is 11.8 Å². The van der Waals surface area contributed by atoms with Gasteiger partial charge in [0.1, 0.15) is 18.0 Å². The Labute approximate surface area is 204 Å². The van der Waals surface area contributed by atoms with Crippen molar-refractivity contribution in [1.29, 1.82) is 0 Å². The van der Waals surface area contributed by atoms with Gasteiger partial charge in [-0.1, -0.05) is 36.4 Å². The first-order valence-electron chi connectivity index (χ1n) is 11.8. The fraction of sp³-hybridized carbons (Fsp3) is 0.250. The van der Waals surface area contributed by atoms with Crippen LogP contribution < -0.4 is 10.1 Å². The third-order valence-corrected chi connectivity index (χ3v) is 6.12. The first kappa shape index (κ1) is 22.7. The molecular formula is C28H28N4O3. The lowest BCUT2D eigenvalue weighted by atomic mass is 10.1. The van der Waals surface area contributed by atoms with E-state index in [1.807, 2.05) is 77.1 Å². The molecule has 0 bridgehead atoms. The van der Waals surface area contributed by atoms with Gasteiger partial charge in [0.15, 0.2) is 0 Å². The van der Waals surface area contributed by atoms with Crippen molar-refractivity contribution in [3.8, 4) is 5.75 Å². The molecule has 5 rings (SSSR count). The van der Waals surface area contributed by atoms with Crippen molar-refractivity contribution in [2.45, 2.75) is 39.5 Å². The van der Waals surface area contributed by atoms with Gasteiger partial charge in [0.05, 0.1) is 5.69 Å². The van der Waals surface area contributed by atoms with Gasteiger partial charge in [-0.25, -0.2) is 4.98 Å². The normalized spacial score (nSPS) is 13.4. The maximum atomic E-state index is 12.8. The van der Waals surface area contributed by atoms with E-state index in [1.165, 1.54) is 0 Å². The Balaban J connectivity index is 1.17. The zero-order valence-electron chi connectivity index (χ0n) is 19.7. The van der Waals surface area contributed by atoms with Crippen LogP contribution in [-0.2, 0) is 24.5 Å². The minimum absolute atomic E-state index is 0.168. The van der Waals surface area contributed by atoms with Crippen LogP contribution in [0.3, 0.4) is 0 Å². The third kappa shape index (κ3) is 5.51. The predicted molar refractivity (Wildman–Crippen MR) is 133 cm³/mol. The second kappa shape index (κ2) is 10.0. The summed E-state index contributed by atoms with van der Waals surface area (Å²) >= 11 is 0. The molecule has 0 aliphatic carbocycles. The lowest BCUT2D eigenvalue weighted by Crippen LogP contribution is -2.24. The number of nitrogens with one attached hydrogen (secondary N) is 1. The molecule has 178 valence electrons. The van der Waals surface area contributed by atoms with E-state index < -0.39 is 0 Å². The standard InChI is InChI=1S/C28H28N4O3/c1-20-10-11-26-30-24(18-32(26)16-20)19-35-25-8-3-7-23(14-25)28(34)29-15-21-5-2-6-22(13-21)17-31-12-4-9-27(31)33/h2-3,5-8,10-11,13-14,16,18H,4,9,12,15,17,19H2,1H3,(H,29,34). The fourth-order valence-corrected chi connectivity index (χ4v) is 4.32. The number of fused-ring (bicyclic) bond motifs is 1. The molecule has 1 aliphatic rings. The van der Waals surface area contributed by atoms with Crippen LogP contribution in [0.4, 0.5) is 0 Å². The van der Waals surface area contributed by atoms with E-state index in [4.69, 9.17) is 4.74 Å². The molecule has 2 aromatic carbocycles. The smallest absolute Gasteiger partial charge is 0.251 e. The van der Waals surface area contributed by atoms with Gasteiger partial charge < -0.3 is 19.4 Å². The van der Waals surface area contributed by atoms with E-state index in [9.17, 15) is 9.59 Å². The first-order chi connectivity index (χ1) is 17.0. The van der Waals surface area contributed by atoms with Crippen LogP contribution in [-0.4, -0.2) is 32.6 Å². The molecule has 35 heavy (non-hydrogen) atoms. The molecule has 0 unspecified atom stereocenters. The van der Waals surface area contributed by atoms with Crippen molar-refractivity contribution >= 4 is 17.5 Å². The summed E-state index contributed by atoms with van der Waals surface area (Å²) in [5, 5.41) is 2.98. The van der Waals surface area contributed by atoms with Crippen molar-refractivity contribution in [2.24, 2.45) is 0 Å². The van der Waals surface area contributed by atoms with Crippen LogP contribution in [0.25, 0.3) is 5.65 Å². The number of nitrogens with zero attached hydrogens (tertiary/aromatic N) is 3. The van der Waals surface area contributed by atoms with Gasteiger partial charge in [0, 0.05) is 44.0 Å². The van der Waals surface area contributed by atoms with Gasteiger partial charge in [-0.15, -0.1) is 0 Å². The molecule has 7 nitrogen and oxygen atoms in total. The minimum atomic E-state index is -0.168. The maximum Gasteiger partial charge on any atom is 0.251 e. The SMILES string of the molecule is Cc1ccc2nc(COc3cccc(C(=O)NCc4cccc(CN5CCCC5=O)c4)c3)cn2c1. The fourth-order valence-electron chi connectivity index (χ4n) is 4.32. The van der Waals surface area contributed by atoms with Crippen LogP contribution in [0.1, 0.15) is 45.6 Å². The Kier molecular flexibility index (Phi) is 6.48. The number of imidazole rings is 1. The number of aromatic nitrogens is 2. The highest BCUT2D eigenvalue weighted by Gasteiger charge is 2.20. The number of amides is 2. The zero-order valence-corrected chi connectivity index (χ0v) is 19.7. The molecule has 0 radical (unpaired) electrons. The topological polar surface area (TPSA) is 75.9 Å². The number of carbonyl (C=O) groups is 2. The molecule has 2 amide bonds. The molecule has 1 N–H and O–H groups in total. The van der Waals surface area contributed by atoms with Crippen LogP contribution >= 0.6 is 0 Å². The molecule has 1 fully saturated rings. The summed E-state index contributed by atoms with van der Waals surface area (Å²) in [6.45, 7) is 4.20. The highest BCUT2D eigenvalue weighted by molar-refractivity contribution is 5.94. The second-order valence-corrected chi connectivity index (χ2v) is 8.94. The van der Waals surface area contributed by atoms with Crippen molar-refractivity contribution < 1.29 is 14.3 Å². The predicted octanol–water partition coefficient (Wildman–Crippen LogP) is 4.27. The number of likely N-dealkylation sites (tertiary alicyclic amines) is 1. The monoisotopic (exact) mass is 468 g/mol. The summed E-state index contributed by atoms with van der Waals surface area (Å²) in [6, 6.07) is 19.2. The third-order valence-electron chi connectivity index (χ3n) is 6.12. The highest BCUT2D eigenvalue weighted by atomic mass is 16.5. The van der Waals surface area contributed by atoms with Crippen molar-refractivity contribution in [2.75, 3.05) is 6.54 Å². The molecule has 2 aromatic heterocycles. The number of carbonyl (C=O) groups excluding carboxylic acids is 2. The lowest BCUT2D eigenvalue weighted by molar-refractivity contribution is -0.128. The maximum absolute atomic E-state index is 12.8. The number of aryl methyl sites for hydroxylation is 1. The number of hydrogen-bond acceptors (Lipinski definition) is 4. The average molecular weight is 469 g/mol. The van der Waals surface area contributed by atoms with Gasteiger partial charge in [-0.3, -0.25) is 9.59 Å². The molecule has 0 saturated carbocycles. The second-order valence-electron chi connectivity index (χ2n) is 8.94. The summed E-state index contributed by atoms with van der Waals surface area (Å²) in [7, 11) is 0. The van der Waals surface area contributed by atoms with Gasteiger partial charge >= 0.3 is 0 Å². The van der Waals surface area contributed by atoms with E-state index in [0.29, 0.717) is 37.4 Å². The first-order valence-corrected chi connectivity index (χ1v) is 11.8. The number of pyridine rings is 1. The van der Waals surface area contributed by atoms with E-state index in [0.717, 1.165) is 41.0 Å². The highest BCUT2D eigenvalue weighted by Crippen LogP contribution is 2.17. The Bertz CT molecular complexity index is 1380. The van der Waals surface area contributed by atoms with E-state index in [1.54, 1.807) is 12.1 Å². The summed E-state index contributed by atoms with van der Waals surface area (Å²) in [6.07, 6.45) is 5.54. The molecule has 3 heterocycles. The Morgan fingerprint density at radius 3 is 2.77 bits per heavy atom. The van der Waals surface area contributed by atoms with Gasteiger partial charge in [0.2, 0.25) is 5.91 Å². The van der Waals surface area contributed by atoms with Gasteiger partial charge in [0.25, 0.3) is 5.91 Å². The number of rotatable bonds is 8. The molecule has 4 aromatic rings. The molecular weight excluding hydrogens is 440 g/mol. The Morgan fingerprint density at radius 2 is 1.91 bits per heavy atom. The van der Waals surface area contributed by atoms with Crippen LogP contribution in [0.15, 0.2) is 73.1 Å². The Morgan fingerprint density at radius 1 is 1.06 bits per heavy atom. The lowest BCUT2D eigenvalue weighted by Gasteiger charge is -2.16. The summed E-state index contributed by atoms with van der Waals surface area (Å²) in [5.74, 6) is 0.657. The molecule has 0 spiro atoms. The summed E-state index contributed by atoms with van der Waals surface area (Å²) in [5.41, 5.74) is 5.46. The number of benzene rings is 2. The summed E-state index contributed by atoms with van der Waals surface area (Å²) in [4.78, 5) is 31.1. The van der Waals surface area contributed by atoms with E-state index in [2.05, 4.69) is 10.3 Å². The molecule has 7 heteroatoms. The molecule has 1 aliphatic heterocycles. The number of ether oxygens (including phenoxy) is 1. The van der Waals surface area contributed by atoms with Crippen molar-refractivity contribution in [1.82, 2.24) is 19.6 Å². The van der Waals surface area contributed by atoms with Gasteiger partial charge in [-0.2, -0.15) is 0 Å². The minimum Gasteiger partial charge on any atom is -0.487 e. The summed E-state index contributed by atoms with van der Waals surface area (Å²) < 4.78 is 7.89. The Hall–Kier alpha value is -4.13. The quantitative estimate of drug-likeness (QED) is 0.419. The average Bonchev–Trinajstić information content (AvgIpc) is 3.46. The van der Waals surface area contributed by atoms with Crippen LogP contribution in [0, 0.1) is 6.92 Å². The van der Waals surface area contributed by atoms with Crippen molar-refractivity contribution in [3.05, 3.63) is 101 Å². The van der Waals surface area contributed by atoms with Crippen LogP contribution in [0.5, 0.6) is 5.75 Å². The van der Waals surface area contributed by atoms with Crippen LogP contribution in [0.2, 0.25) is 0 Å². The number of hydrogen-bond donors (Lipinski definition) is 1. The van der Waals surface area contributed by atoms with Crippen molar-refractivity contribution in [3.63, 3.8) is 0 Å². The zero-order chi connectivity index (χ0) is 24.2. The van der Waals surface area contributed by atoms with E-state index >= 15 is 0 Å². The molecule has 1 saturated heterocycles. The molecule has 0 atom stereocenters. The largest absolute Gasteiger partial charge is 0.487 e. The van der Waals surface area contributed by atoms with Gasteiger partial charge in [-0.05, 0) is 54.3 Å².